The average molecular weight is 322 g/mol. The summed E-state index contributed by atoms with van der Waals surface area (Å²) in [5.41, 5.74) is 6.04. The molecule has 0 bridgehead atoms. The highest BCUT2D eigenvalue weighted by Crippen LogP contribution is 2.38. The summed E-state index contributed by atoms with van der Waals surface area (Å²) in [6, 6.07) is 6.63. The van der Waals surface area contributed by atoms with Gasteiger partial charge in [-0.2, -0.15) is 0 Å². The standard InChI is InChI=1S/C17H23FN2O3/c18-13-4-1-3-11(7-13)12-8-15(16(21)9-12)20-6-2-5-14(10-20)23-17(19)22/h1,3-4,7,12,14-16,21H,2,5-6,8-10H2,(H2,19,22)/t12?,14-,15?,16?/m1/s1. The molecule has 1 saturated carbocycles. The fourth-order valence-corrected chi connectivity index (χ4v) is 3.95. The molecule has 0 spiro atoms. The van der Waals surface area contributed by atoms with Crippen LogP contribution < -0.4 is 5.73 Å². The Balaban J connectivity index is 1.65. The van der Waals surface area contributed by atoms with Crippen molar-refractivity contribution >= 4 is 6.09 Å². The lowest BCUT2D eigenvalue weighted by Gasteiger charge is -2.37. The van der Waals surface area contributed by atoms with Gasteiger partial charge in [0.1, 0.15) is 11.9 Å². The molecule has 1 aliphatic carbocycles. The van der Waals surface area contributed by atoms with E-state index in [1.54, 1.807) is 12.1 Å². The fourth-order valence-electron chi connectivity index (χ4n) is 3.95. The third-order valence-electron chi connectivity index (χ3n) is 4.98. The van der Waals surface area contributed by atoms with Crippen LogP contribution in [0.25, 0.3) is 0 Å². The third-order valence-corrected chi connectivity index (χ3v) is 4.98. The zero-order valence-corrected chi connectivity index (χ0v) is 13.0. The zero-order valence-electron chi connectivity index (χ0n) is 13.0. The number of carbonyl (C=O) groups excluding carboxylic acids is 1. The molecule has 1 amide bonds. The summed E-state index contributed by atoms with van der Waals surface area (Å²) in [7, 11) is 0. The van der Waals surface area contributed by atoms with Crippen molar-refractivity contribution in [2.45, 2.75) is 49.9 Å². The quantitative estimate of drug-likeness (QED) is 0.892. The first-order valence-corrected chi connectivity index (χ1v) is 8.16. The summed E-state index contributed by atoms with van der Waals surface area (Å²) in [5.74, 6) is -0.0866. The molecular formula is C17H23FN2O3. The number of hydrogen-bond acceptors (Lipinski definition) is 4. The topological polar surface area (TPSA) is 75.8 Å². The molecule has 23 heavy (non-hydrogen) atoms. The maximum absolute atomic E-state index is 13.4. The predicted octanol–water partition coefficient (Wildman–Crippen LogP) is 1.99. The molecule has 6 heteroatoms. The van der Waals surface area contributed by atoms with Crippen molar-refractivity contribution in [3.63, 3.8) is 0 Å². The minimum absolute atomic E-state index is 0.0162. The minimum Gasteiger partial charge on any atom is -0.445 e. The SMILES string of the molecule is NC(=O)O[C@@H]1CCCN(C2CC(c3cccc(F)c3)CC2O)C1. The number of nitrogens with two attached hydrogens (primary N) is 1. The van der Waals surface area contributed by atoms with Gasteiger partial charge < -0.3 is 15.6 Å². The monoisotopic (exact) mass is 322 g/mol. The number of piperidine rings is 1. The summed E-state index contributed by atoms with van der Waals surface area (Å²) < 4.78 is 18.5. The van der Waals surface area contributed by atoms with E-state index in [4.69, 9.17) is 10.5 Å². The molecule has 1 saturated heterocycles. The van der Waals surface area contributed by atoms with Crippen LogP contribution in [0, 0.1) is 5.82 Å². The molecule has 4 atom stereocenters. The van der Waals surface area contributed by atoms with E-state index in [1.807, 2.05) is 6.07 Å². The third kappa shape index (κ3) is 3.82. The van der Waals surface area contributed by atoms with E-state index < -0.39 is 12.2 Å². The highest BCUT2D eigenvalue weighted by atomic mass is 19.1. The second-order valence-electron chi connectivity index (χ2n) is 6.55. The molecule has 2 fully saturated rings. The van der Waals surface area contributed by atoms with Gasteiger partial charge in [-0.05, 0) is 55.8 Å². The van der Waals surface area contributed by atoms with E-state index in [2.05, 4.69) is 4.90 Å². The number of nitrogens with zero attached hydrogens (tertiary/aromatic N) is 1. The number of carbonyl (C=O) groups is 1. The number of halogens is 1. The molecule has 0 aromatic heterocycles. The number of benzene rings is 1. The number of aliphatic hydroxyl groups excluding tert-OH is 1. The number of ether oxygens (including phenoxy) is 1. The van der Waals surface area contributed by atoms with Crippen LogP contribution in [0.4, 0.5) is 9.18 Å². The molecular weight excluding hydrogens is 299 g/mol. The maximum atomic E-state index is 13.4. The summed E-state index contributed by atoms with van der Waals surface area (Å²) in [6.07, 6.45) is 1.72. The van der Waals surface area contributed by atoms with Crippen LogP contribution in [0.5, 0.6) is 0 Å². The van der Waals surface area contributed by atoms with Gasteiger partial charge in [0.2, 0.25) is 0 Å². The molecule has 0 radical (unpaired) electrons. The first-order chi connectivity index (χ1) is 11.0. The van der Waals surface area contributed by atoms with E-state index in [-0.39, 0.29) is 23.9 Å². The van der Waals surface area contributed by atoms with E-state index in [0.29, 0.717) is 13.0 Å². The molecule has 1 aromatic carbocycles. The highest BCUT2D eigenvalue weighted by Gasteiger charge is 2.39. The zero-order chi connectivity index (χ0) is 16.4. The van der Waals surface area contributed by atoms with E-state index >= 15 is 0 Å². The van der Waals surface area contributed by atoms with Gasteiger partial charge >= 0.3 is 6.09 Å². The van der Waals surface area contributed by atoms with Gasteiger partial charge in [-0.3, -0.25) is 4.90 Å². The van der Waals surface area contributed by atoms with Crippen molar-refractivity contribution < 1.29 is 19.0 Å². The number of primary amides is 1. The van der Waals surface area contributed by atoms with Gasteiger partial charge in [0.25, 0.3) is 0 Å². The van der Waals surface area contributed by atoms with Crippen LogP contribution in [0.1, 0.15) is 37.2 Å². The molecule has 2 aliphatic rings. The van der Waals surface area contributed by atoms with Crippen molar-refractivity contribution in [3.05, 3.63) is 35.6 Å². The van der Waals surface area contributed by atoms with Crippen molar-refractivity contribution in [1.29, 1.82) is 0 Å². The molecule has 1 aromatic rings. The lowest BCUT2D eigenvalue weighted by molar-refractivity contribution is 0.00229. The Morgan fingerprint density at radius 2 is 2.22 bits per heavy atom. The summed E-state index contributed by atoms with van der Waals surface area (Å²) in [6.45, 7) is 1.47. The lowest BCUT2D eigenvalue weighted by Crippen LogP contribution is -2.49. The number of rotatable bonds is 3. The Morgan fingerprint density at radius 1 is 1.39 bits per heavy atom. The Hall–Kier alpha value is -1.66. The minimum atomic E-state index is -0.749. The molecule has 1 heterocycles. The van der Waals surface area contributed by atoms with Crippen LogP contribution in [0.2, 0.25) is 0 Å². The van der Waals surface area contributed by atoms with E-state index in [9.17, 15) is 14.3 Å². The molecule has 1 aliphatic heterocycles. The smallest absolute Gasteiger partial charge is 0.404 e. The summed E-state index contributed by atoms with van der Waals surface area (Å²) >= 11 is 0. The van der Waals surface area contributed by atoms with Gasteiger partial charge in [0.15, 0.2) is 0 Å². The van der Waals surface area contributed by atoms with Crippen molar-refractivity contribution in [1.82, 2.24) is 4.90 Å². The van der Waals surface area contributed by atoms with Crippen LogP contribution in [-0.2, 0) is 4.74 Å². The van der Waals surface area contributed by atoms with E-state index in [0.717, 1.165) is 31.4 Å². The van der Waals surface area contributed by atoms with Gasteiger partial charge in [0, 0.05) is 12.6 Å². The molecule has 3 N–H and O–H groups in total. The van der Waals surface area contributed by atoms with Crippen LogP contribution >= 0.6 is 0 Å². The number of aliphatic hydroxyl groups is 1. The van der Waals surface area contributed by atoms with Crippen molar-refractivity contribution in [2.75, 3.05) is 13.1 Å². The first-order valence-electron chi connectivity index (χ1n) is 8.16. The first kappa shape index (κ1) is 16.2. The molecule has 3 unspecified atom stereocenters. The Kier molecular flexibility index (Phi) is 4.82. The number of hydrogen-bond donors (Lipinski definition) is 2. The second kappa shape index (κ2) is 6.84. The maximum Gasteiger partial charge on any atom is 0.404 e. The van der Waals surface area contributed by atoms with Crippen LogP contribution in [0.15, 0.2) is 24.3 Å². The van der Waals surface area contributed by atoms with Gasteiger partial charge in [-0.1, -0.05) is 12.1 Å². The Labute approximate surface area is 135 Å². The normalized spacial score (nSPS) is 31.9. The van der Waals surface area contributed by atoms with Gasteiger partial charge in [-0.25, -0.2) is 9.18 Å². The second-order valence-corrected chi connectivity index (χ2v) is 6.55. The van der Waals surface area contributed by atoms with E-state index in [1.165, 1.54) is 6.07 Å². The predicted molar refractivity (Wildman–Crippen MR) is 83.4 cm³/mol. The Morgan fingerprint density at radius 3 is 2.96 bits per heavy atom. The molecule has 3 rings (SSSR count). The highest BCUT2D eigenvalue weighted by molar-refractivity contribution is 5.64. The fraction of sp³-hybridized carbons (Fsp3) is 0.588. The molecule has 5 nitrogen and oxygen atoms in total. The largest absolute Gasteiger partial charge is 0.445 e. The Bertz CT molecular complexity index is 569. The van der Waals surface area contributed by atoms with Gasteiger partial charge in [0.05, 0.1) is 6.10 Å². The molecule has 126 valence electrons. The van der Waals surface area contributed by atoms with Crippen LogP contribution in [0.3, 0.4) is 0 Å². The van der Waals surface area contributed by atoms with Crippen molar-refractivity contribution in [3.8, 4) is 0 Å². The lowest BCUT2D eigenvalue weighted by atomic mass is 9.97. The van der Waals surface area contributed by atoms with Gasteiger partial charge in [-0.15, -0.1) is 0 Å². The number of amides is 1. The number of likely N-dealkylation sites (tertiary alicyclic amines) is 1. The average Bonchev–Trinajstić information content (AvgIpc) is 2.89. The summed E-state index contributed by atoms with van der Waals surface area (Å²) in [4.78, 5) is 13.1. The van der Waals surface area contributed by atoms with Crippen molar-refractivity contribution in [2.24, 2.45) is 5.73 Å². The van der Waals surface area contributed by atoms with Crippen LogP contribution in [-0.4, -0.2) is 47.4 Å². The summed E-state index contributed by atoms with van der Waals surface area (Å²) in [5, 5.41) is 10.4.